The summed E-state index contributed by atoms with van der Waals surface area (Å²) in [5.74, 6) is 0. The first-order valence-electron chi connectivity index (χ1n) is 4.05. The van der Waals surface area contributed by atoms with E-state index < -0.39 is 0 Å². The lowest BCUT2D eigenvalue weighted by Gasteiger charge is -2.38. The van der Waals surface area contributed by atoms with Gasteiger partial charge in [0.2, 0.25) is 0 Å². The molecule has 5 heteroatoms. The van der Waals surface area contributed by atoms with E-state index in [1.807, 2.05) is 12.1 Å². The zero-order chi connectivity index (χ0) is 8.72. The zero-order valence-corrected chi connectivity index (χ0v) is 9.19. The van der Waals surface area contributed by atoms with E-state index in [0.29, 0.717) is 11.2 Å². The largest absolute Gasteiger partial charge is 0.289 e. The standard InChI is InChI=1S/C7H11BrClN3/c1-11-6(8)7(9)10-12(11)5-3-2-4-5/h5,10H,2-4H2,1H3. The fourth-order valence-corrected chi connectivity index (χ4v) is 1.89. The molecule has 0 spiro atoms. The van der Waals surface area contributed by atoms with Crippen LogP contribution in [0.1, 0.15) is 19.3 Å². The minimum absolute atomic E-state index is 0.610. The molecular formula is C7H11BrClN3. The SMILES string of the molecule is CN1C(Br)=C(Cl)NN1C1CCC1. The molecule has 68 valence electrons. The number of hydrazine groups is 2. The van der Waals surface area contributed by atoms with Crippen LogP contribution in [-0.2, 0) is 0 Å². The van der Waals surface area contributed by atoms with Gasteiger partial charge in [0.1, 0.15) is 9.76 Å². The highest BCUT2D eigenvalue weighted by Gasteiger charge is 2.33. The van der Waals surface area contributed by atoms with Gasteiger partial charge in [0.25, 0.3) is 0 Å². The predicted molar refractivity (Wildman–Crippen MR) is 52.2 cm³/mol. The van der Waals surface area contributed by atoms with Gasteiger partial charge in [0.15, 0.2) is 0 Å². The highest BCUT2D eigenvalue weighted by molar-refractivity contribution is 9.11. The van der Waals surface area contributed by atoms with Crippen LogP contribution >= 0.6 is 27.5 Å². The number of nitrogens with zero attached hydrogens (tertiary/aromatic N) is 2. The first-order chi connectivity index (χ1) is 5.70. The molecule has 0 unspecified atom stereocenters. The van der Waals surface area contributed by atoms with Crippen molar-refractivity contribution >= 4 is 27.5 Å². The molecule has 2 rings (SSSR count). The quantitative estimate of drug-likeness (QED) is 0.720. The van der Waals surface area contributed by atoms with Crippen molar-refractivity contribution in [1.29, 1.82) is 0 Å². The van der Waals surface area contributed by atoms with Crippen LogP contribution in [0, 0.1) is 0 Å². The molecule has 0 aromatic rings. The van der Waals surface area contributed by atoms with Gasteiger partial charge in [-0.3, -0.25) is 10.4 Å². The molecule has 1 N–H and O–H groups in total. The van der Waals surface area contributed by atoms with Gasteiger partial charge in [0, 0.05) is 7.05 Å². The van der Waals surface area contributed by atoms with Gasteiger partial charge in [-0.2, -0.15) is 0 Å². The van der Waals surface area contributed by atoms with Crippen LogP contribution in [0.25, 0.3) is 0 Å². The molecule has 1 aliphatic heterocycles. The summed E-state index contributed by atoms with van der Waals surface area (Å²) >= 11 is 9.32. The third kappa shape index (κ3) is 1.22. The van der Waals surface area contributed by atoms with Crippen molar-refractivity contribution in [2.45, 2.75) is 25.3 Å². The Balaban J connectivity index is 2.04. The fraction of sp³-hybridized carbons (Fsp3) is 0.714. The van der Waals surface area contributed by atoms with E-state index >= 15 is 0 Å². The number of hydrogen-bond acceptors (Lipinski definition) is 3. The monoisotopic (exact) mass is 251 g/mol. The van der Waals surface area contributed by atoms with Crippen molar-refractivity contribution in [2.24, 2.45) is 0 Å². The van der Waals surface area contributed by atoms with E-state index in [-0.39, 0.29) is 0 Å². The lowest BCUT2D eigenvalue weighted by atomic mass is 9.93. The Bertz CT molecular complexity index is 227. The van der Waals surface area contributed by atoms with Crippen LogP contribution in [0.2, 0.25) is 0 Å². The van der Waals surface area contributed by atoms with Crippen LogP contribution in [0.3, 0.4) is 0 Å². The number of rotatable bonds is 1. The molecule has 1 aliphatic carbocycles. The molecule has 0 saturated heterocycles. The zero-order valence-electron chi connectivity index (χ0n) is 6.85. The predicted octanol–water partition coefficient (Wildman–Crippen LogP) is 1.97. The average Bonchev–Trinajstić information content (AvgIpc) is 2.15. The minimum atomic E-state index is 0.610. The Morgan fingerprint density at radius 2 is 2.25 bits per heavy atom. The van der Waals surface area contributed by atoms with E-state index in [1.54, 1.807) is 0 Å². The second kappa shape index (κ2) is 3.09. The molecule has 0 bridgehead atoms. The maximum Gasteiger partial charge on any atom is 0.150 e. The molecule has 0 amide bonds. The Labute approximate surface area is 85.4 Å². The second-order valence-electron chi connectivity index (χ2n) is 3.17. The van der Waals surface area contributed by atoms with Gasteiger partial charge in [-0.15, -0.1) is 5.12 Å². The molecule has 1 heterocycles. The van der Waals surface area contributed by atoms with Crippen LogP contribution in [0.4, 0.5) is 0 Å². The molecule has 1 fully saturated rings. The summed E-state index contributed by atoms with van der Waals surface area (Å²) in [4.78, 5) is 0. The van der Waals surface area contributed by atoms with Crippen LogP contribution in [0.5, 0.6) is 0 Å². The van der Waals surface area contributed by atoms with Gasteiger partial charge in [-0.1, -0.05) is 18.0 Å². The second-order valence-corrected chi connectivity index (χ2v) is 4.30. The van der Waals surface area contributed by atoms with Gasteiger partial charge in [0.05, 0.1) is 6.04 Å². The number of hydrogen-bond donors (Lipinski definition) is 1. The molecule has 0 atom stereocenters. The molecule has 3 nitrogen and oxygen atoms in total. The van der Waals surface area contributed by atoms with Gasteiger partial charge >= 0.3 is 0 Å². The third-order valence-corrected chi connectivity index (χ3v) is 3.82. The summed E-state index contributed by atoms with van der Waals surface area (Å²) in [5.41, 5.74) is 3.11. The Hall–Kier alpha value is 0.0700. The maximum absolute atomic E-state index is 5.92. The van der Waals surface area contributed by atoms with Crippen molar-refractivity contribution in [3.05, 3.63) is 9.76 Å². The van der Waals surface area contributed by atoms with Crippen molar-refractivity contribution in [3.8, 4) is 0 Å². The Morgan fingerprint density at radius 3 is 2.58 bits per heavy atom. The molecule has 2 aliphatic rings. The van der Waals surface area contributed by atoms with Gasteiger partial charge in [-0.05, 0) is 28.8 Å². The van der Waals surface area contributed by atoms with E-state index in [4.69, 9.17) is 11.6 Å². The van der Waals surface area contributed by atoms with E-state index in [9.17, 15) is 0 Å². The highest BCUT2D eigenvalue weighted by atomic mass is 79.9. The highest BCUT2D eigenvalue weighted by Crippen LogP contribution is 2.32. The van der Waals surface area contributed by atoms with Crippen molar-refractivity contribution in [2.75, 3.05) is 7.05 Å². The lowest BCUT2D eigenvalue weighted by Crippen LogP contribution is -2.50. The van der Waals surface area contributed by atoms with Crippen LogP contribution in [0.15, 0.2) is 9.76 Å². The summed E-state index contributed by atoms with van der Waals surface area (Å²) in [6.45, 7) is 0. The Kier molecular flexibility index (Phi) is 2.23. The molecule has 0 aromatic heterocycles. The third-order valence-electron chi connectivity index (χ3n) is 2.42. The van der Waals surface area contributed by atoms with Crippen LogP contribution in [-0.4, -0.2) is 23.2 Å². The maximum atomic E-state index is 5.92. The van der Waals surface area contributed by atoms with Crippen LogP contribution < -0.4 is 5.43 Å². The van der Waals surface area contributed by atoms with E-state index in [2.05, 4.69) is 26.5 Å². The van der Waals surface area contributed by atoms with Gasteiger partial charge in [-0.25, -0.2) is 0 Å². The topological polar surface area (TPSA) is 18.5 Å². The fourth-order valence-electron chi connectivity index (χ4n) is 1.43. The van der Waals surface area contributed by atoms with Crippen molar-refractivity contribution in [1.82, 2.24) is 15.6 Å². The van der Waals surface area contributed by atoms with Gasteiger partial charge < -0.3 is 0 Å². The summed E-state index contributed by atoms with van der Waals surface area (Å²) in [5, 5.41) is 4.76. The summed E-state index contributed by atoms with van der Waals surface area (Å²) in [7, 11) is 1.99. The normalized spacial score (nSPS) is 26.1. The molecule has 12 heavy (non-hydrogen) atoms. The van der Waals surface area contributed by atoms with E-state index in [0.717, 1.165) is 4.61 Å². The minimum Gasteiger partial charge on any atom is -0.289 e. The molecular weight excluding hydrogens is 241 g/mol. The summed E-state index contributed by atoms with van der Waals surface area (Å²) in [6.07, 6.45) is 3.83. The smallest absolute Gasteiger partial charge is 0.150 e. The first kappa shape index (κ1) is 8.66. The number of nitrogens with one attached hydrogen (secondary N) is 1. The summed E-state index contributed by atoms with van der Waals surface area (Å²) < 4.78 is 0.913. The molecule has 0 aromatic carbocycles. The first-order valence-corrected chi connectivity index (χ1v) is 5.22. The Morgan fingerprint density at radius 1 is 1.58 bits per heavy atom. The molecule has 0 radical (unpaired) electrons. The van der Waals surface area contributed by atoms with E-state index in [1.165, 1.54) is 19.3 Å². The average molecular weight is 253 g/mol. The molecule has 1 saturated carbocycles. The summed E-state index contributed by atoms with van der Waals surface area (Å²) in [6, 6.07) is 0.610. The lowest BCUT2D eigenvalue weighted by molar-refractivity contribution is -0.0491. The van der Waals surface area contributed by atoms with Crippen molar-refractivity contribution in [3.63, 3.8) is 0 Å². The number of halogens is 2. The van der Waals surface area contributed by atoms with Crippen molar-refractivity contribution < 1.29 is 0 Å².